The van der Waals surface area contributed by atoms with Crippen LogP contribution in [0.1, 0.15) is 31.7 Å². The van der Waals surface area contributed by atoms with Gasteiger partial charge in [-0.05, 0) is 38.9 Å². The molecule has 0 bridgehead atoms. The summed E-state index contributed by atoms with van der Waals surface area (Å²) >= 11 is 0. The van der Waals surface area contributed by atoms with E-state index in [1.54, 1.807) is 0 Å². The fraction of sp³-hybridized carbons (Fsp3) is 0.562. The van der Waals surface area contributed by atoms with Gasteiger partial charge in [-0.2, -0.15) is 0 Å². The van der Waals surface area contributed by atoms with Gasteiger partial charge in [0.1, 0.15) is 0 Å². The van der Waals surface area contributed by atoms with Gasteiger partial charge in [0, 0.05) is 25.6 Å². The average molecular weight is 350 g/mol. The molecule has 0 aliphatic rings. The molecule has 128 valence electrons. The third-order valence-corrected chi connectivity index (χ3v) is 3.16. The first-order valence-corrected chi connectivity index (χ1v) is 7.32. The summed E-state index contributed by atoms with van der Waals surface area (Å²) in [4.78, 5) is 13.8. The van der Waals surface area contributed by atoms with Crippen molar-refractivity contribution in [1.82, 2.24) is 10.2 Å². The average Bonchev–Trinajstić information content (AvgIpc) is 2.42. The zero-order valence-electron chi connectivity index (χ0n) is 13.5. The van der Waals surface area contributed by atoms with Crippen LogP contribution in [-0.2, 0) is 11.3 Å². The van der Waals surface area contributed by atoms with Crippen LogP contribution < -0.4 is 11.1 Å². The predicted molar refractivity (Wildman–Crippen MR) is 97.8 cm³/mol. The van der Waals surface area contributed by atoms with Gasteiger partial charge in [0.2, 0.25) is 5.91 Å². The summed E-state index contributed by atoms with van der Waals surface area (Å²) in [7, 11) is 2.10. The zero-order chi connectivity index (χ0) is 14.8. The van der Waals surface area contributed by atoms with Gasteiger partial charge in [0.15, 0.2) is 0 Å². The van der Waals surface area contributed by atoms with Gasteiger partial charge in [-0.15, -0.1) is 24.8 Å². The Kier molecular flexibility index (Phi) is 14.7. The Morgan fingerprint density at radius 1 is 1.27 bits per heavy atom. The van der Waals surface area contributed by atoms with Crippen LogP contribution in [0.5, 0.6) is 0 Å². The maximum absolute atomic E-state index is 11.5. The lowest BCUT2D eigenvalue weighted by molar-refractivity contribution is -0.121. The van der Waals surface area contributed by atoms with E-state index in [2.05, 4.69) is 41.5 Å². The molecule has 22 heavy (non-hydrogen) atoms. The summed E-state index contributed by atoms with van der Waals surface area (Å²) in [5.74, 6) is 0.105. The molecule has 3 N–H and O–H groups in total. The molecular formula is C16H29Cl2N3O. The number of nitrogens with two attached hydrogens (primary N) is 1. The molecule has 1 rings (SSSR count). The second kappa shape index (κ2) is 13.8. The highest BCUT2D eigenvalue weighted by molar-refractivity contribution is 5.85. The number of halogens is 2. The third-order valence-electron chi connectivity index (χ3n) is 3.16. The Balaban J connectivity index is 0. The smallest absolute Gasteiger partial charge is 0.220 e. The van der Waals surface area contributed by atoms with Crippen LogP contribution in [0.2, 0.25) is 0 Å². The number of hydrogen-bond acceptors (Lipinski definition) is 3. The van der Waals surface area contributed by atoms with Crippen LogP contribution in [0.15, 0.2) is 30.3 Å². The van der Waals surface area contributed by atoms with Crippen molar-refractivity contribution in [2.75, 3.05) is 20.1 Å². The van der Waals surface area contributed by atoms with E-state index in [-0.39, 0.29) is 36.8 Å². The van der Waals surface area contributed by atoms with Gasteiger partial charge >= 0.3 is 0 Å². The summed E-state index contributed by atoms with van der Waals surface area (Å²) in [5, 5.41) is 2.94. The highest BCUT2D eigenvalue weighted by Crippen LogP contribution is 2.02. The van der Waals surface area contributed by atoms with Gasteiger partial charge in [-0.3, -0.25) is 4.79 Å². The molecule has 0 aromatic heterocycles. The molecule has 0 heterocycles. The normalized spacial score (nSPS) is 11.3. The first kappa shape index (κ1) is 23.5. The van der Waals surface area contributed by atoms with Crippen LogP contribution in [0, 0.1) is 0 Å². The Labute approximate surface area is 146 Å². The van der Waals surface area contributed by atoms with E-state index in [9.17, 15) is 4.79 Å². The monoisotopic (exact) mass is 349 g/mol. The number of benzene rings is 1. The Hall–Kier alpha value is -0.810. The number of carbonyl (C=O) groups excluding carboxylic acids is 1. The van der Waals surface area contributed by atoms with Crippen LogP contribution in [-0.4, -0.2) is 37.0 Å². The lowest BCUT2D eigenvalue weighted by Gasteiger charge is -2.16. The fourth-order valence-electron chi connectivity index (χ4n) is 2.00. The maximum atomic E-state index is 11.5. The van der Waals surface area contributed by atoms with Gasteiger partial charge in [-0.25, -0.2) is 0 Å². The molecule has 1 unspecified atom stereocenters. The fourth-order valence-corrected chi connectivity index (χ4v) is 2.00. The van der Waals surface area contributed by atoms with Crippen molar-refractivity contribution in [3.63, 3.8) is 0 Å². The summed E-state index contributed by atoms with van der Waals surface area (Å²) < 4.78 is 0. The molecule has 1 aromatic carbocycles. The quantitative estimate of drug-likeness (QED) is 0.673. The highest BCUT2D eigenvalue weighted by atomic mass is 35.5. The zero-order valence-corrected chi connectivity index (χ0v) is 15.1. The van der Waals surface area contributed by atoms with E-state index in [1.807, 2.05) is 13.0 Å². The first-order chi connectivity index (χ1) is 9.58. The summed E-state index contributed by atoms with van der Waals surface area (Å²) in [6.45, 7) is 4.57. The second-order valence-corrected chi connectivity index (χ2v) is 5.44. The molecule has 4 nitrogen and oxygen atoms in total. The van der Waals surface area contributed by atoms with Crippen LogP contribution >= 0.6 is 24.8 Å². The van der Waals surface area contributed by atoms with E-state index in [1.165, 1.54) is 5.56 Å². The molecule has 1 aromatic rings. The number of amides is 1. The Morgan fingerprint density at radius 3 is 2.50 bits per heavy atom. The van der Waals surface area contributed by atoms with Gasteiger partial charge in [0.25, 0.3) is 0 Å². The molecule has 6 heteroatoms. The van der Waals surface area contributed by atoms with Crippen molar-refractivity contribution in [1.29, 1.82) is 0 Å². The topological polar surface area (TPSA) is 58.4 Å². The van der Waals surface area contributed by atoms with E-state index in [4.69, 9.17) is 5.73 Å². The second-order valence-electron chi connectivity index (χ2n) is 5.44. The summed E-state index contributed by atoms with van der Waals surface area (Å²) in [5.41, 5.74) is 6.94. The first-order valence-electron chi connectivity index (χ1n) is 7.32. The number of nitrogens with zero attached hydrogens (tertiary/aromatic N) is 1. The minimum absolute atomic E-state index is 0. The van der Waals surface area contributed by atoms with Crippen molar-refractivity contribution < 1.29 is 4.79 Å². The summed E-state index contributed by atoms with van der Waals surface area (Å²) in [6, 6.07) is 10.5. The number of nitrogens with one attached hydrogen (secondary N) is 1. The third kappa shape index (κ3) is 11.8. The van der Waals surface area contributed by atoms with Crippen molar-refractivity contribution in [3.8, 4) is 0 Å². The highest BCUT2D eigenvalue weighted by Gasteiger charge is 2.03. The molecular weight excluding hydrogens is 321 g/mol. The molecule has 0 fully saturated rings. The lowest BCUT2D eigenvalue weighted by Crippen LogP contribution is -2.29. The van der Waals surface area contributed by atoms with Crippen molar-refractivity contribution >= 4 is 30.7 Å². The van der Waals surface area contributed by atoms with Crippen molar-refractivity contribution in [2.24, 2.45) is 5.73 Å². The van der Waals surface area contributed by atoms with Crippen LogP contribution in [0.3, 0.4) is 0 Å². The molecule has 0 radical (unpaired) electrons. The summed E-state index contributed by atoms with van der Waals surface area (Å²) in [6.07, 6.45) is 2.24. The van der Waals surface area contributed by atoms with E-state index >= 15 is 0 Å². The standard InChI is InChI=1S/C16H27N3O.2ClH/c1-14(17)9-10-16(20)18-11-6-12-19(2)13-15-7-4-3-5-8-15;;/h3-5,7-8,14H,6,9-13,17H2,1-2H3,(H,18,20);2*1H. The van der Waals surface area contributed by atoms with E-state index in [0.29, 0.717) is 6.42 Å². The molecule has 0 saturated carbocycles. The molecule has 1 amide bonds. The van der Waals surface area contributed by atoms with Gasteiger partial charge < -0.3 is 16.0 Å². The van der Waals surface area contributed by atoms with Crippen LogP contribution in [0.25, 0.3) is 0 Å². The molecule has 0 saturated heterocycles. The van der Waals surface area contributed by atoms with E-state index in [0.717, 1.165) is 32.5 Å². The molecule has 0 spiro atoms. The lowest BCUT2D eigenvalue weighted by atomic mass is 10.2. The Morgan fingerprint density at radius 2 is 1.91 bits per heavy atom. The molecule has 1 atom stereocenters. The van der Waals surface area contributed by atoms with Gasteiger partial charge in [0.05, 0.1) is 0 Å². The largest absolute Gasteiger partial charge is 0.356 e. The van der Waals surface area contributed by atoms with Crippen LogP contribution in [0.4, 0.5) is 0 Å². The predicted octanol–water partition coefficient (Wildman–Crippen LogP) is 2.60. The van der Waals surface area contributed by atoms with E-state index < -0.39 is 0 Å². The Bertz CT molecular complexity index is 388. The minimum Gasteiger partial charge on any atom is -0.356 e. The number of hydrogen-bond donors (Lipinski definition) is 2. The minimum atomic E-state index is 0. The SMILES string of the molecule is CC(N)CCC(=O)NCCCN(C)Cc1ccccc1.Cl.Cl. The van der Waals surface area contributed by atoms with Crippen molar-refractivity contribution in [2.45, 2.75) is 38.8 Å². The number of rotatable bonds is 9. The maximum Gasteiger partial charge on any atom is 0.220 e. The molecule has 0 aliphatic carbocycles. The molecule has 0 aliphatic heterocycles. The van der Waals surface area contributed by atoms with Crippen molar-refractivity contribution in [3.05, 3.63) is 35.9 Å². The van der Waals surface area contributed by atoms with Gasteiger partial charge in [-0.1, -0.05) is 30.3 Å². The number of carbonyl (C=O) groups is 1.